The molecule has 0 spiro atoms. The van der Waals surface area contributed by atoms with Gasteiger partial charge in [-0.3, -0.25) is 9.59 Å². The zero-order valence-electron chi connectivity index (χ0n) is 15.7. The summed E-state index contributed by atoms with van der Waals surface area (Å²) in [6, 6.07) is 7.15. The lowest BCUT2D eigenvalue weighted by Gasteiger charge is -2.36. The van der Waals surface area contributed by atoms with Crippen LogP contribution in [0.1, 0.15) is 20.3 Å². The molecular weight excluding hydrogens is 393 g/mol. The number of halogens is 3. The summed E-state index contributed by atoms with van der Waals surface area (Å²) in [5.41, 5.74) is 1.52. The highest BCUT2D eigenvalue weighted by Gasteiger charge is 2.43. The quantitative estimate of drug-likeness (QED) is 0.739. The van der Waals surface area contributed by atoms with E-state index in [0.717, 1.165) is 10.6 Å². The number of hydrogen-bond acceptors (Lipinski definition) is 4. The van der Waals surface area contributed by atoms with Crippen molar-refractivity contribution in [3.63, 3.8) is 0 Å². The lowest BCUT2D eigenvalue weighted by atomic mass is 10.1. The third kappa shape index (κ3) is 6.36. The summed E-state index contributed by atoms with van der Waals surface area (Å²) in [7, 11) is 0. The van der Waals surface area contributed by atoms with E-state index in [9.17, 15) is 22.8 Å². The van der Waals surface area contributed by atoms with E-state index in [0.29, 0.717) is 25.2 Å². The molecular formula is C18H23F3N4O2S. The smallest absolute Gasteiger partial charge is 0.368 e. The van der Waals surface area contributed by atoms with Crippen molar-refractivity contribution in [2.24, 2.45) is 5.92 Å². The fraction of sp³-hybridized carbons (Fsp3) is 0.500. The molecule has 0 bridgehead atoms. The number of benzene rings is 1. The SMILES string of the molecule is CC(C)CC(=O)NC(=S)Nc1ccc(N2CCN(C(=O)C(F)(F)F)CC2)cc1. The van der Waals surface area contributed by atoms with Gasteiger partial charge in [0, 0.05) is 44.0 Å². The van der Waals surface area contributed by atoms with Crippen molar-refractivity contribution in [1.29, 1.82) is 0 Å². The molecule has 0 atom stereocenters. The lowest BCUT2D eigenvalue weighted by Crippen LogP contribution is -2.52. The first-order valence-electron chi connectivity index (χ1n) is 8.88. The van der Waals surface area contributed by atoms with Crippen LogP contribution in [0.3, 0.4) is 0 Å². The summed E-state index contributed by atoms with van der Waals surface area (Å²) in [6.07, 6.45) is -4.46. The molecule has 0 unspecified atom stereocenters. The molecule has 1 aromatic rings. The second kappa shape index (κ2) is 9.22. The maximum Gasteiger partial charge on any atom is 0.471 e. The molecule has 1 saturated heterocycles. The topological polar surface area (TPSA) is 64.7 Å². The largest absolute Gasteiger partial charge is 0.471 e. The van der Waals surface area contributed by atoms with Gasteiger partial charge in [-0.2, -0.15) is 13.2 Å². The minimum absolute atomic E-state index is 0.0182. The monoisotopic (exact) mass is 416 g/mol. The van der Waals surface area contributed by atoms with Crippen molar-refractivity contribution in [1.82, 2.24) is 10.2 Å². The van der Waals surface area contributed by atoms with E-state index in [1.165, 1.54) is 0 Å². The van der Waals surface area contributed by atoms with Crippen LogP contribution in [0.25, 0.3) is 0 Å². The highest BCUT2D eigenvalue weighted by atomic mass is 32.1. The van der Waals surface area contributed by atoms with Crippen molar-refractivity contribution >= 4 is 40.5 Å². The van der Waals surface area contributed by atoms with E-state index in [1.807, 2.05) is 30.9 Å². The van der Waals surface area contributed by atoms with E-state index in [2.05, 4.69) is 10.6 Å². The summed E-state index contributed by atoms with van der Waals surface area (Å²) in [4.78, 5) is 25.7. The number of thiocarbonyl (C=S) groups is 1. The fourth-order valence-electron chi connectivity index (χ4n) is 2.81. The van der Waals surface area contributed by atoms with Gasteiger partial charge < -0.3 is 20.4 Å². The first-order chi connectivity index (χ1) is 13.1. The Balaban J connectivity index is 1.85. The van der Waals surface area contributed by atoms with Gasteiger partial charge in [-0.1, -0.05) is 13.8 Å². The molecule has 154 valence electrons. The van der Waals surface area contributed by atoms with Crippen LogP contribution in [0.15, 0.2) is 24.3 Å². The van der Waals surface area contributed by atoms with Gasteiger partial charge in [0.05, 0.1) is 0 Å². The van der Waals surface area contributed by atoms with Crippen molar-refractivity contribution in [3.8, 4) is 0 Å². The summed E-state index contributed by atoms with van der Waals surface area (Å²) < 4.78 is 37.5. The van der Waals surface area contributed by atoms with Gasteiger partial charge in [-0.05, 0) is 42.4 Å². The number of hydrogen-bond donors (Lipinski definition) is 2. The van der Waals surface area contributed by atoms with Crippen LogP contribution >= 0.6 is 12.2 Å². The lowest BCUT2D eigenvalue weighted by molar-refractivity contribution is -0.185. The molecule has 0 aromatic heterocycles. The number of nitrogens with one attached hydrogen (secondary N) is 2. The Labute approximate surface area is 167 Å². The maximum atomic E-state index is 12.5. The number of amides is 2. The molecule has 2 rings (SSSR count). The zero-order valence-corrected chi connectivity index (χ0v) is 16.5. The third-order valence-corrected chi connectivity index (χ3v) is 4.35. The van der Waals surface area contributed by atoms with Crippen LogP contribution in [0.4, 0.5) is 24.5 Å². The molecule has 6 nitrogen and oxygen atoms in total. The Kier molecular flexibility index (Phi) is 7.22. The standard InChI is InChI=1S/C18H23F3N4O2S/c1-12(2)11-15(26)23-17(28)22-13-3-5-14(6-4-13)24-7-9-25(10-8-24)16(27)18(19,20)21/h3-6,12H,7-11H2,1-2H3,(H2,22,23,26,28). The van der Waals surface area contributed by atoms with E-state index in [1.54, 1.807) is 12.1 Å². The summed E-state index contributed by atoms with van der Waals surface area (Å²) in [5, 5.41) is 5.73. The average molecular weight is 416 g/mol. The average Bonchev–Trinajstić information content (AvgIpc) is 2.60. The van der Waals surface area contributed by atoms with Gasteiger partial charge in [-0.25, -0.2) is 0 Å². The third-order valence-electron chi connectivity index (χ3n) is 4.15. The van der Waals surface area contributed by atoms with Crippen molar-refractivity contribution < 1.29 is 22.8 Å². The number of rotatable bonds is 4. The molecule has 1 aromatic carbocycles. The Bertz CT molecular complexity index is 715. The van der Waals surface area contributed by atoms with E-state index in [4.69, 9.17) is 12.2 Å². The zero-order chi connectivity index (χ0) is 20.9. The number of anilines is 2. The molecule has 1 aliphatic heterocycles. The number of piperazine rings is 1. The molecule has 1 fully saturated rings. The maximum absolute atomic E-state index is 12.5. The van der Waals surface area contributed by atoms with Gasteiger partial charge in [0.1, 0.15) is 0 Å². The molecule has 0 radical (unpaired) electrons. The fourth-order valence-corrected chi connectivity index (χ4v) is 3.05. The van der Waals surface area contributed by atoms with Gasteiger partial charge in [0.25, 0.3) is 0 Å². The normalized spacial score (nSPS) is 14.8. The number of carbonyl (C=O) groups excluding carboxylic acids is 2. The van der Waals surface area contributed by atoms with Crippen LogP contribution < -0.4 is 15.5 Å². The molecule has 1 heterocycles. The van der Waals surface area contributed by atoms with Crippen LogP contribution in [-0.4, -0.2) is 54.2 Å². The molecule has 1 aliphatic rings. The second-order valence-electron chi connectivity index (χ2n) is 6.92. The first kappa shape index (κ1) is 21.9. The van der Waals surface area contributed by atoms with Crippen LogP contribution in [0, 0.1) is 5.92 Å². The Morgan fingerprint density at radius 1 is 1.11 bits per heavy atom. The van der Waals surface area contributed by atoms with Crippen LogP contribution in [0.2, 0.25) is 0 Å². The van der Waals surface area contributed by atoms with Gasteiger partial charge in [0.2, 0.25) is 5.91 Å². The number of nitrogens with zero attached hydrogens (tertiary/aromatic N) is 2. The molecule has 10 heteroatoms. The summed E-state index contributed by atoms with van der Waals surface area (Å²) in [6.45, 7) is 4.55. The minimum atomic E-state index is -4.83. The van der Waals surface area contributed by atoms with Gasteiger partial charge in [0.15, 0.2) is 5.11 Å². The van der Waals surface area contributed by atoms with Crippen LogP contribution in [0.5, 0.6) is 0 Å². The molecule has 0 saturated carbocycles. The predicted octanol–water partition coefficient (Wildman–Crippen LogP) is 2.76. The summed E-state index contributed by atoms with van der Waals surface area (Å²) >= 11 is 5.11. The van der Waals surface area contributed by atoms with Crippen molar-refractivity contribution in [2.75, 3.05) is 36.4 Å². The van der Waals surface area contributed by atoms with Crippen molar-refractivity contribution in [3.05, 3.63) is 24.3 Å². The van der Waals surface area contributed by atoms with E-state index in [-0.39, 0.29) is 30.0 Å². The predicted molar refractivity (Wildman–Crippen MR) is 105 cm³/mol. The Morgan fingerprint density at radius 2 is 1.68 bits per heavy atom. The molecule has 0 aliphatic carbocycles. The number of alkyl halides is 3. The molecule has 2 amide bonds. The second-order valence-corrected chi connectivity index (χ2v) is 7.33. The molecule has 2 N–H and O–H groups in total. The van der Waals surface area contributed by atoms with Crippen LogP contribution in [-0.2, 0) is 9.59 Å². The van der Waals surface area contributed by atoms with E-state index >= 15 is 0 Å². The van der Waals surface area contributed by atoms with Gasteiger partial charge >= 0.3 is 12.1 Å². The summed E-state index contributed by atoms with van der Waals surface area (Å²) in [5.74, 6) is -1.72. The van der Waals surface area contributed by atoms with E-state index < -0.39 is 12.1 Å². The van der Waals surface area contributed by atoms with Crippen molar-refractivity contribution in [2.45, 2.75) is 26.4 Å². The Morgan fingerprint density at radius 3 is 2.18 bits per heavy atom. The first-order valence-corrected chi connectivity index (χ1v) is 9.29. The number of carbonyl (C=O) groups is 2. The highest BCUT2D eigenvalue weighted by Crippen LogP contribution is 2.23. The highest BCUT2D eigenvalue weighted by molar-refractivity contribution is 7.80. The van der Waals surface area contributed by atoms with Gasteiger partial charge in [-0.15, -0.1) is 0 Å². The minimum Gasteiger partial charge on any atom is -0.368 e. The molecule has 28 heavy (non-hydrogen) atoms. The Hall–Kier alpha value is -2.36.